The van der Waals surface area contributed by atoms with Crippen LogP contribution in [0.5, 0.6) is 0 Å². The summed E-state index contributed by atoms with van der Waals surface area (Å²) in [7, 11) is 0. The molecule has 1 atom stereocenters. The maximum absolute atomic E-state index is 12.1. The minimum absolute atomic E-state index is 0.171. The number of aromatic nitrogens is 1. The fraction of sp³-hybridized carbons (Fsp3) is 0.167. The van der Waals surface area contributed by atoms with Gasteiger partial charge >= 0.3 is 0 Å². The van der Waals surface area contributed by atoms with Crippen molar-refractivity contribution < 1.29 is 4.79 Å². The van der Waals surface area contributed by atoms with E-state index in [0.29, 0.717) is 16.6 Å². The SMILES string of the molecule is CSc1cccc2[nH]c(C(Cl)C(N)=O)cc(=O)c12. The summed E-state index contributed by atoms with van der Waals surface area (Å²) < 4.78 is 0. The number of H-pyrrole nitrogens is 1. The fourth-order valence-electron chi connectivity index (χ4n) is 1.75. The predicted molar refractivity (Wildman–Crippen MR) is 74.1 cm³/mol. The Morgan fingerprint density at radius 3 is 2.83 bits per heavy atom. The molecule has 0 saturated heterocycles. The molecule has 0 spiro atoms. The summed E-state index contributed by atoms with van der Waals surface area (Å²) in [6.07, 6.45) is 1.90. The van der Waals surface area contributed by atoms with E-state index in [-0.39, 0.29) is 5.43 Å². The maximum Gasteiger partial charge on any atom is 0.241 e. The number of nitrogens with one attached hydrogen (secondary N) is 1. The minimum Gasteiger partial charge on any atom is -0.368 e. The third-order valence-electron chi connectivity index (χ3n) is 2.58. The highest BCUT2D eigenvalue weighted by Gasteiger charge is 2.17. The van der Waals surface area contributed by atoms with E-state index in [2.05, 4.69) is 4.98 Å². The largest absolute Gasteiger partial charge is 0.368 e. The Morgan fingerprint density at radius 2 is 2.22 bits per heavy atom. The number of benzene rings is 1. The standard InChI is InChI=1S/C12H11ClN2O2S/c1-18-9-4-2-3-6-10(9)8(16)5-7(15-6)11(13)12(14)17/h2-5,11H,1H3,(H2,14,17)(H,15,16). The van der Waals surface area contributed by atoms with Crippen LogP contribution >= 0.6 is 23.4 Å². The van der Waals surface area contributed by atoms with E-state index >= 15 is 0 Å². The van der Waals surface area contributed by atoms with E-state index in [1.807, 2.05) is 18.4 Å². The van der Waals surface area contributed by atoms with Crippen molar-refractivity contribution in [2.75, 3.05) is 6.26 Å². The van der Waals surface area contributed by atoms with E-state index in [9.17, 15) is 9.59 Å². The van der Waals surface area contributed by atoms with Gasteiger partial charge in [0.2, 0.25) is 5.91 Å². The first-order chi connectivity index (χ1) is 8.54. The summed E-state index contributed by atoms with van der Waals surface area (Å²) in [6, 6.07) is 6.80. The third-order valence-corrected chi connectivity index (χ3v) is 3.81. The van der Waals surface area contributed by atoms with Crippen molar-refractivity contribution in [3.63, 3.8) is 0 Å². The predicted octanol–water partition coefficient (Wildman–Crippen LogP) is 2.02. The Balaban J connectivity index is 2.72. The van der Waals surface area contributed by atoms with Crippen LogP contribution in [0.2, 0.25) is 0 Å². The van der Waals surface area contributed by atoms with Crippen LogP contribution in [0.1, 0.15) is 11.1 Å². The van der Waals surface area contributed by atoms with Crippen molar-refractivity contribution in [3.8, 4) is 0 Å². The highest BCUT2D eigenvalue weighted by atomic mass is 35.5. The zero-order chi connectivity index (χ0) is 13.3. The molecule has 6 heteroatoms. The molecule has 0 aliphatic rings. The average Bonchev–Trinajstić information content (AvgIpc) is 2.36. The highest BCUT2D eigenvalue weighted by Crippen LogP contribution is 2.24. The molecule has 0 fully saturated rings. The topological polar surface area (TPSA) is 76.0 Å². The van der Waals surface area contributed by atoms with Crippen molar-refractivity contribution >= 4 is 40.2 Å². The normalized spacial score (nSPS) is 12.6. The maximum atomic E-state index is 12.1. The van der Waals surface area contributed by atoms with Gasteiger partial charge < -0.3 is 10.7 Å². The van der Waals surface area contributed by atoms with Crippen LogP contribution < -0.4 is 11.2 Å². The molecule has 1 unspecified atom stereocenters. The van der Waals surface area contributed by atoms with Crippen molar-refractivity contribution in [2.24, 2.45) is 5.73 Å². The molecule has 0 bridgehead atoms. The molecule has 4 nitrogen and oxygen atoms in total. The van der Waals surface area contributed by atoms with E-state index in [0.717, 1.165) is 4.90 Å². The number of carbonyl (C=O) groups excluding carboxylic acids is 1. The first-order valence-electron chi connectivity index (χ1n) is 5.18. The van der Waals surface area contributed by atoms with Crippen molar-refractivity contribution in [2.45, 2.75) is 10.3 Å². The molecule has 94 valence electrons. The number of thioether (sulfide) groups is 1. The summed E-state index contributed by atoms with van der Waals surface area (Å²) in [4.78, 5) is 27.0. The van der Waals surface area contributed by atoms with Crippen LogP contribution in [0.25, 0.3) is 10.9 Å². The molecule has 2 rings (SSSR count). The van der Waals surface area contributed by atoms with Crippen LogP contribution in [0.3, 0.4) is 0 Å². The first kappa shape index (κ1) is 13.0. The Kier molecular flexibility index (Phi) is 3.63. The summed E-state index contributed by atoms with van der Waals surface area (Å²) in [5.41, 5.74) is 5.92. The van der Waals surface area contributed by atoms with Crippen LogP contribution in [0.15, 0.2) is 34.0 Å². The second-order valence-corrected chi connectivity index (χ2v) is 5.02. The molecule has 2 aromatic rings. The quantitative estimate of drug-likeness (QED) is 0.668. The lowest BCUT2D eigenvalue weighted by Crippen LogP contribution is -2.19. The number of fused-ring (bicyclic) bond motifs is 1. The van der Waals surface area contributed by atoms with E-state index in [4.69, 9.17) is 17.3 Å². The number of alkyl halides is 1. The van der Waals surface area contributed by atoms with Gasteiger partial charge in [0.05, 0.1) is 10.9 Å². The number of rotatable bonds is 3. The van der Waals surface area contributed by atoms with Gasteiger partial charge in [0.15, 0.2) is 10.8 Å². The number of primary amides is 1. The number of amides is 1. The first-order valence-corrected chi connectivity index (χ1v) is 6.84. The Bertz CT molecular complexity index is 669. The Labute approximate surface area is 113 Å². The number of carbonyl (C=O) groups is 1. The molecule has 3 N–H and O–H groups in total. The van der Waals surface area contributed by atoms with E-state index < -0.39 is 11.3 Å². The van der Waals surface area contributed by atoms with Crippen LogP contribution in [0, 0.1) is 0 Å². The molecule has 1 aromatic heterocycles. The van der Waals surface area contributed by atoms with Gasteiger partial charge in [-0.05, 0) is 18.4 Å². The zero-order valence-corrected chi connectivity index (χ0v) is 11.1. The number of aromatic amines is 1. The summed E-state index contributed by atoms with van der Waals surface area (Å²) in [6.45, 7) is 0. The number of hydrogen-bond acceptors (Lipinski definition) is 3. The molecule has 0 saturated carbocycles. The number of halogens is 1. The molecule has 1 aromatic carbocycles. The van der Waals surface area contributed by atoms with Crippen molar-refractivity contribution in [1.82, 2.24) is 4.98 Å². The van der Waals surface area contributed by atoms with Gasteiger partial charge in [0.1, 0.15) is 0 Å². The summed E-state index contributed by atoms with van der Waals surface area (Å²) in [5, 5.41) is -0.429. The highest BCUT2D eigenvalue weighted by molar-refractivity contribution is 7.98. The van der Waals surface area contributed by atoms with Crippen LogP contribution in [-0.4, -0.2) is 17.1 Å². The Hall–Kier alpha value is -1.46. The molecule has 1 amide bonds. The molecular formula is C12H11ClN2O2S. The van der Waals surface area contributed by atoms with Gasteiger partial charge in [0.25, 0.3) is 0 Å². The Morgan fingerprint density at radius 1 is 1.50 bits per heavy atom. The molecular weight excluding hydrogens is 272 g/mol. The van der Waals surface area contributed by atoms with Gasteiger partial charge in [-0.1, -0.05) is 6.07 Å². The monoisotopic (exact) mass is 282 g/mol. The molecule has 18 heavy (non-hydrogen) atoms. The smallest absolute Gasteiger partial charge is 0.241 e. The lowest BCUT2D eigenvalue weighted by atomic mass is 10.1. The zero-order valence-electron chi connectivity index (χ0n) is 9.57. The van der Waals surface area contributed by atoms with Gasteiger partial charge in [0, 0.05) is 16.7 Å². The summed E-state index contributed by atoms with van der Waals surface area (Å²) in [5.74, 6) is -0.687. The third kappa shape index (κ3) is 2.23. The fourth-order valence-corrected chi connectivity index (χ4v) is 2.50. The van der Waals surface area contributed by atoms with Crippen molar-refractivity contribution in [3.05, 3.63) is 40.2 Å². The van der Waals surface area contributed by atoms with Gasteiger partial charge in [-0.25, -0.2) is 0 Å². The van der Waals surface area contributed by atoms with E-state index in [1.165, 1.54) is 17.8 Å². The molecule has 0 aliphatic carbocycles. The van der Waals surface area contributed by atoms with Gasteiger partial charge in [-0.2, -0.15) is 0 Å². The van der Waals surface area contributed by atoms with Gasteiger partial charge in [-0.3, -0.25) is 9.59 Å². The van der Waals surface area contributed by atoms with E-state index in [1.54, 1.807) is 6.07 Å². The second kappa shape index (κ2) is 5.04. The van der Waals surface area contributed by atoms with Crippen molar-refractivity contribution in [1.29, 1.82) is 0 Å². The molecule has 0 aliphatic heterocycles. The second-order valence-electron chi connectivity index (χ2n) is 3.74. The molecule has 1 heterocycles. The van der Waals surface area contributed by atoms with Crippen LogP contribution in [-0.2, 0) is 4.79 Å². The average molecular weight is 283 g/mol. The number of pyridine rings is 1. The minimum atomic E-state index is -1.03. The summed E-state index contributed by atoms with van der Waals surface area (Å²) >= 11 is 7.33. The van der Waals surface area contributed by atoms with Crippen LogP contribution in [0.4, 0.5) is 0 Å². The van der Waals surface area contributed by atoms with Gasteiger partial charge in [-0.15, -0.1) is 23.4 Å². The lowest BCUT2D eigenvalue weighted by Gasteiger charge is -2.09. The molecule has 0 radical (unpaired) electrons. The number of nitrogens with two attached hydrogens (primary N) is 1. The lowest BCUT2D eigenvalue weighted by molar-refractivity contribution is -0.117. The number of hydrogen-bond donors (Lipinski definition) is 2.